The first-order valence-corrected chi connectivity index (χ1v) is 13.3. The van der Waals surface area contributed by atoms with Gasteiger partial charge in [0.1, 0.15) is 0 Å². The number of rotatable bonds is 9. The zero-order chi connectivity index (χ0) is 27.0. The summed E-state index contributed by atoms with van der Waals surface area (Å²) >= 11 is 1.24. The van der Waals surface area contributed by atoms with Gasteiger partial charge in [0.05, 0.1) is 34.6 Å². The molecule has 196 valence electrons. The first kappa shape index (κ1) is 24.9. The molecule has 0 saturated heterocycles. The first-order chi connectivity index (χ1) is 18.9. The minimum Gasteiger partial charge on any atom is -0.388 e. The van der Waals surface area contributed by atoms with Crippen LogP contribution >= 0.6 is 11.3 Å². The van der Waals surface area contributed by atoms with Gasteiger partial charge in [-0.05, 0) is 54.8 Å². The van der Waals surface area contributed by atoms with E-state index in [4.69, 9.17) is 0 Å². The normalized spacial score (nSPS) is 13.8. The molecular weight excluding hydrogens is 517 g/mol. The fraction of sp³-hybridized carbons (Fsp3) is 0.172. The molecule has 0 radical (unpaired) electrons. The maximum Gasteiger partial charge on any atom is 0.268 e. The lowest BCUT2D eigenvalue weighted by molar-refractivity contribution is 0.100. The van der Waals surface area contributed by atoms with Crippen LogP contribution < -0.4 is 10.6 Å². The quantitative estimate of drug-likeness (QED) is 0.171. The average Bonchev–Trinajstić information content (AvgIpc) is 3.33. The smallest absolute Gasteiger partial charge is 0.268 e. The Kier molecular flexibility index (Phi) is 6.41. The molecule has 0 spiro atoms. The molecular formula is C29H24FN5O3S. The number of pyridine rings is 1. The third-order valence-electron chi connectivity index (χ3n) is 6.64. The van der Waals surface area contributed by atoms with E-state index in [9.17, 15) is 19.1 Å². The monoisotopic (exact) mass is 541 g/mol. The Morgan fingerprint density at radius 3 is 2.64 bits per heavy atom. The maximum absolute atomic E-state index is 13.5. The number of carbonyl (C=O) groups excluding carboxylic acids is 2. The fourth-order valence-electron chi connectivity index (χ4n) is 4.33. The van der Waals surface area contributed by atoms with Gasteiger partial charge in [-0.2, -0.15) is 4.39 Å². The largest absolute Gasteiger partial charge is 0.388 e. The summed E-state index contributed by atoms with van der Waals surface area (Å²) < 4.78 is 15.4. The molecule has 5 aromatic rings. The van der Waals surface area contributed by atoms with Crippen LogP contribution in [0.25, 0.3) is 21.5 Å². The zero-order valence-electron chi connectivity index (χ0n) is 20.7. The number of carbonyl (C=O) groups is 2. The number of Topliss-reactive ketones (excluding diaryl/α,β-unsaturated/α-hetero) is 1. The van der Waals surface area contributed by atoms with E-state index in [1.807, 2.05) is 41.0 Å². The minimum absolute atomic E-state index is 0.0324. The second kappa shape index (κ2) is 10.0. The van der Waals surface area contributed by atoms with Crippen LogP contribution in [0.15, 0.2) is 79.0 Å². The van der Waals surface area contributed by atoms with E-state index in [1.54, 1.807) is 30.3 Å². The maximum atomic E-state index is 13.5. The predicted octanol–water partition coefficient (Wildman–Crippen LogP) is 5.37. The minimum atomic E-state index is -0.826. The van der Waals surface area contributed by atoms with Gasteiger partial charge >= 0.3 is 0 Å². The van der Waals surface area contributed by atoms with Crippen molar-refractivity contribution in [2.75, 3.05) is 17.2 Å². The summed E-state index contributed by atoms with van der Waals surface area (Å²) in [6.45, 7) is 0.423. The Labute approximate surface area is 227 Å². The Balaban J connectivity index is 1.24. The van der Waals surface area contributed by atoms with Crippen LogP contribution in [0, 0.1) is 5.95 Å². The summed E-state index contributed by atoms with van der Waals surface area (Å²) in [6, 6.07) is 21.0. The van der Waals surface area contributed by atoms with E-state index in [-0.39, 0.29) is 18.2 Å². The molecule has 10 heteroatoms. The summed E-state index contributed by atoms with van der Waals surface area (Å²) in [5.74, 6) is -0.656. The van der Waals surface area contributed by atoms with Crippen molar-refractivity contribution in [3.05, 3.63) is 95.4 Å². The van der Waals surface area contributed by atoms with Crippen LogP contribution in [0.2, 0.25) is 0 Å². The highest BCUT2D eigenvalue weighted by atomic mass is 32.1. The Bertz CT molecular complexity index is 1690. The van der Waals surface area contributed by atoms with Crippen LogP contribution in [0.4, 0.5) is 16.0 Å². The number of fused-ring (bicyclic) bond motifs is 1. The average molecular weight is 542 g/mol. The number of thiophene rings is 1. The van der Waals surface area contributed by atoms with Crippen molar-refractivity contribution in [1.82, 2.24) is 14.5 Å². The highest BCUT2D eigenvalue weighted by Gasteiger charge is 2.41. The lowest BCUT2D eigenvalue weighted by Gasteiger charge is -2.13. The van der Waals surface area contributed by atoms with Crippen LogP contribution in [-0.4, -0.2) is 43.5 Å². The second-order valence-corrected chi connectivity index (χ2v) is 10.7. The molecule has 39 heavy (non-hydrogen) atoms. The van der Waals surface area contributed by atoms with Crippen molar-refractivity contribution in [2.45, 2.75) is 25.0 Å². The van der Waals surface area contributed by atoms with Crippen molar-refractivity contribution >= 4 is 45.7 Å². The summed E-state index contributed by atoms with van der Waals surface area (Å²) in [6.07, 6.45) is 2.74. The molecule has 0 unspecified atom stereocenters. The van der Waals surface area contributed by atoms with Crippen molar-refractivity contribution in [3.63, 3.8) is 0 Å². The molecule has 8 nitrogen and oxygen atoms in total. The van der Waals surface area contributed by atoms with Crippen LogP contribution in [0.5, 0.6) is 0 Å². The number of amides is 1. The molecule has 1 aliphatic rings. The van der Waals surface area contributed by atoms with E-state index in [1.165, 1.54) is 23.6 Å². The molecule has 3 heterocycles. The van der Waals surface area contributed by atoms with Gasteiger partial charge in [0.25, 0.3) is 5.91 Å². The Hall–Kier alpha value is -4.41. The molecule has 0 atom stereocenters. The molecule has 0 bridgehead atoms. The Morgan fingerprint density at radius 1 is 1.05 bits per heavy atom. The lowest BCUT2D eigenvalue weighted by Crippen LogP contribution is -2.21. The van der Waals surface area contributed by atoms with E-state index in [2.05, 4.69) is 20.6 Å². The summed E-state index contributed by atoms with van der Waals surface area (Å²) in [4.78, 5) is 35.1. The molecule has 0 aliphatic heterocycles. The van der Waals surface area contributed by atoms with Crippen molar-refractivity contribution in [3.8, 4) is 10.4 Å². The number of halogens is 1. The van der Waals surface area contributed by atoms with E-state index in [0.29, 0.717) is 52.5 Å². The van der Waals surface area contributed by atoms with Gasteiger partial charge < -0.3 is 15.0 Å². The molecule has 1 aliphatic carbocycles. The van der Waals surface area contributed by atoms with Gasteiger partial charge in [-0.3, -0.25) is 14.9 Å². The third-order valence-corrected chi connectivity index (χ3v) is 7.78. The number of hydrogen-bond acceptors (Lipinski definition) is 7. The van der Waals surface area contributed by atoms with Gasteiger partial charge in [0.15, 0.2) is 5.78 Å². The standard InChI is InChI=1S/C29H24FN5O3S/c30-26-14-19(10-13-31-26)24-8-9-25(39-24)27(37)34-28-33-21-15-20(32-16-23(36)18-4-2-1-3-5-18)6-7-22(21)35(28)17-29(38)11-12-29/h1-10,13-15,32,38H,11-12,16-17H2,(H,33,34,37). The number of hydrogen-bond donors (Lipinski definition) is 3. The van der Waals surface area contributed by atoms with Crippen LogP contribution in [0.1, 0.15) is 32.9 Å². The van der Waals surface area contributed by atoms with Gasteiger partial charge in [0.2, 0.25) is 11.9 Å². The number of anilines is 2. The SMILES string of the molecule is O=C(CNc1ccc2c(c1)nc(NC(=O)c1ccc(-c3ccnc(F)c3)s1)n2CC1(O)CC1)c1ccccc1. The first-order valence-electron chi connectivity index (χ1n) is 12.4. The second-order valence-electron chi connectivity index (χ2n) is 9.58. The van der Waals surface area contributed by atoms with Gasteiger partial charge in [0, 0.05) is 28.4 Å². The van der Waals surface area contributed by atoms with E-state index < -0.39 is 11.5 Å². The number of aliphatic hydroxyl groups is 1. The van der Waals surface area contributed by atoms with Crippen molar-refractivity contribution < 1.29 is 19.1 Å². The molecule has 1 saturated carbocycles. The molecule has 1 amide bonds. The van der Waals surface area contributed by atoms with Crippen LogP contribution in [0.3, 0.4) is 0 Å². The van der Waals surface area contributed by atoms with Crippen molar-refractivity contribution in [2.24, 2.45) is 0 Å². The molecule has 6 rings (SSSR count). The number of benzene rings is 2. The number of nitrogens with zero attached hydrogens (tertiary/aromatic N) is 3. The zero-order valence-corrected chi connectivity index (χ0v) is 21.5. The number of imidazole rings is 1. The van der Waals surface area contributed by atoms with Gasteiger partial charge in [-0.15, -0.1) is 11.3 Å². The highest BCUT2D eigenvalue weighted by Crippen LogP contribution is 2.39. The number of ketones is 1. The number of aromatic nitrogens is 3. The lowest BCUT2D eigenvalue weighted by atomic mass is 10.1. The van der Waals surface area contributed by atoms with E-state index >= 15 is 0 Å². The van der Waals surface area contributed by atoms with Crippen LogP contribution in [-0.2, 0) is 6.54 Å². The van der Waals surface area contributed by atoms with Gasteiger partial charge in [-0.25, -0.2) is 9.97 Å². The summed E-state index contributed by atoms with van der Waals surface area (Å²) in [5, 5.41) is 16.7. The molecule has 3 N–H and O–H groups in total. The van der Waals surface area contributed by atoms with Gasteiger partial charge in [-0.1, -0.05) is 30.3 Å². The van der Waals surface area contributed by atoms with Crippen molar-refractivity contribution in [1.29, 1.82) is 0 Å². The fourth-order valence-corrected chi connectivity index (χ4v) is 5.23. The summed E-state index contributed by atoms with van der Waals surface area (Å²) in [7, 11) is 0. The Morgan fingerprint density at radius 2 is 1.87 bits per heavy atom. The van der Waals surface area contributed by atoms with E-state index in [0.717, 1.165) is 10.4 Å². The third kappa shape index (κ3) is 5.43. The predicted molar refractivity (Wildman–Crippen MR) is 149 cm³/mol. The molecule has 2 aromatic carbocycles. The molecule has 3 aromatic heterocycles. The summed E-state index contributed by atoms with van der Waals surface area (Å²) in [5.41, 5.74) is 2.53. The topological polar surface area (TPSA) is 109 Å². The molecule has 1 fully saturated rings. The highest BCUT2D eigenvalue weighted by molar-refractivity contribution is 7.17. The number of nitrogens with one attached hydrogen (secondary N) is 2.